The van der Waals surface area contributed by atoms with Crippen molar-refractivity contribution in [1.82, 2.24) is 0 Å². The Hall–Kier alpha value is -2.31. The molecular formula is C14H13F3O4. The van der Waals surface area contributed by atoms with Gasteiger partial charge in [-0.05, 0) is 29.7 Å². The zero-order valence-electron chi connectivity index (χ0n) is 11.3. The van der Waals surface area contributed by atoms with Gasteiger partial charge in [-0.2, -0.15) is 13.2 Å². The summed E-state index contributed by atoms with van der Waals surface area (Å²) in [6.07, 6.45) is -2.63. The van der Waals surface area contributed by atoms with E-state index in [9.17, 15) is 22.8 Å². The van der Waals surface area contributed by atoms with E-state index in [1.807, 2.05) is 0 Å². The van der Waals surface area contributed by atoms with E-state index in [4.69, 9.17) is 5.11 Å². The first kappa shape index (κ1) is 16.7. The minimum absolute atomic E-state index is 0.195. The van der Waals surface area contributed by atoms with E-state index in [2.05, 4.69) is 4.74 Å². The fourth-order valence-corrected chi connectivity index (χ4v) is 1.75. The number of methoxy groups -OCH3 is 1. The van der Waals surface area contributed by atoms with Crippen molar-refractivity contribution in [3.8, 4) is 0 Å². The van der Waals surface area contributed by atoms with E-state index in [1.54, 1.807) is 6.92 Å². The molecule has 7 heteroatoms. The van der Waals surface area contributed by atoms with Crippen LogP contribution in [0.4, 0.5) is 13.2 Å². The number of aromatic carboxylic acids is 1. The molecule has 0 saturated heterocycles. The van der Waals surface area contributed by atoms with Gasteiger partial charge >= 0.3 is 18.1 Å². The number of halogens is 3. The van der Waals surface area contributed by atoms with Crippen molar-refractivity contribution in [3.05, 3.63) is 40.5 Å². The predicted molar refractivity (Wildman–Crippen MR) is 68.8 cm³/mol. The van der Waals surface area contributed by atoms with Gasteiger partial charge < -0.3 is 9.84 Å². The summed E-state index contributed by atoms with van der Waals surface area (Å²) in [5.74, 6) is -2.50. The van der Waals surface area contributed by atoms with Crippen molar-refractivity contribution < 1.29 is 32.6 Å². The number of hydrogen-bond acceptors (Lipinski definition) is 3. The zero-order chi connectivity index (χ0) is 16.2. The molecule has 0 heterocycles. The number of carbonyl (C=O) groups excluding carboxylic acids is 1. The summed E-state index contributed by atoms with van der Waals surface area (Å²) in [6.45, 7) is 1.64. The van der Waals surface area contributed by atoms with Crippen molar-refractivity contribution in [3.63, 3.8) is 0 Å². The highest BCUT2D eigenvalue weighted by Crippen LogP contribution is 2.35. The lowest BCUT2D eigenvalue weighted by atomic mass is 9.95. The van der Waals surface area contributed by atoms with Gasteiger partial charge in [0.25, 0.3) is 0 Å². The summed E-state index contributed by atoms with van der Waals surface area (Å²) < 4.78 is 43.3. The van der Waals surface area contributed by atoms with Crippen LogP contribution in [0, 0.1) is 0 Å². The van der Waals surface area contributed by atoms with E-state index in [0.29, 0.717) is 12.0 Å². The average Bonchev–Trinajstić information content (AvgIpc) is 2.42. The van der Waals surface area contributed by atoms with Crippen LogP contribution in [-0.2, 0) is 22.1 Å². The topological polar surface area (TPSA) is 63.6 Å². The third kappa shape index (κ3) is 4.08. The Morgan fingerprint density at radius 2 is 1.95 bits per heavy atom. The maximum absolute atomic E-state index is 13.0. The number of hydrogen-bond donors (Lipinski definition) is 1. The Bertz CT molecular complexity index is 589. The monoisotopic (exact) mass is 302 g/mol. The normalized spacial score (nSPS) is 11.7. The van der Waals surface area contributed by atoms with E-state index >= 15 is 0 Å². The molecule has 1 rings (SSSR count). The largest absolute Gasteiger partial charge is 0.478 e. The van der Waals surface area contributed by atoms with Crippen LogP contribution in [0.5, 0.6) is 0 Å². The molecule has 1 aromatic carbocycles. The fraction of sp³-hybridized carbons (Fsp3) is 0.286. The first-order valence-electron chi connectivity index (χ1n) is 5.94. The summed E-state index contributed by atoms with van der Waals surface area (Å²) in [4.78, 5) is 22.2. The molecule has 0 saturated carbocycles. The second-order valence-electron chi connectivity index (χ2n) is 4.12. The standard InChI is InChI=1S/C14H13F3O4/c1-3-8-6-9(4-5-11(18)21-2)12(13(19)20)10(7-8)14(15,16)17/h4-7H,3H2,1-2H3,(H,19,20)/b5-4+. The van der Waals surface area contributed by atoms with Gasteiger partial charge in [-0.15, -0.1) is 0 Å². The Balaban J connectivity index is 3.57. The highest BCUT2D eigenvalue weighted by molar-refractivity contribution is 5.96. The van der Waals surface area contributed by atoms with E-state index in [-0.39, 0.29) is 5.56 Å². The summed E-state index contributed by atoms with van der Waals surface area (Å²) in [6, 6.07) is 2.11. The molecule has 0 unspecified atom stereocenters. The zero-order valence-corrected chi connectivity index (χ0v) is 11.3. The maximum atomic E-state index is 13.0. The molecule has 4 nitrogen and oxygen atoms in total. The van der Waals surface area contributed by atoms with Gasteiger partial charge in [0.05, 0.1) is 18.2 Å². The number of rotatable bonds is 4. The third-order valence-electron chi connectivity index (χ3n) is 2.76. The number of esters is 1. The predicted octanol–water partition coefficient (Wildman–Crippen LogP) is 3.15. The van der Waals surface area contributed by atoms with Crippen LogP contribution in [0.2, 0.25) is 0 Å². The molecule has 0 radical (unpaired) electrons. The first-order valence-corrected chi connectivity index (χ1v) is 5.94. The van der Waals surface area contributed by atoms with Crippen LogP contribution in [-0.4, -0.2) is 24.2 Å². The maximum Gasteiger partial charge on any atom is 0.417 e. The number of aryl methyl sites for hydroxylation is 1. The van der Waals surface area contributed by atoms with Crippen molar-refractivity contribution in [2.45, 2.75) is 19.5 Å². The number of benzene rings is 1. The van der Waals surface area contributed by atoms with Crippen molar-refractivity contribution in [2.24, 2.45) is 0 Å². The van der Waals surface area contributed by atoms with Crippen molar-refractivity contribution in [2.75, 3.05) is 7.11 Å². The van der Waals surface area contributed by atoms with E-state index in [0.717, 1.165) is 25.3 Å². The summed E-state index contributed by atoms with van der Waals surface area (Å²) in [5, 5.41) is 9.05. The SMILES string of the molecule is CCc1cc(/C=C/C(=O)OC)c(C(=O)O)c(C(F)(F)F)c1. The van der Waals surface area contributed by atoms with Crippen molar-refractivity contribution in [1.29, 1.82) is 0 Å². The molecule has 21 heavy (non-hydrogen) atoms. The highest BCUT2D eigenvalue weighted by Gasteiger charge is 2.36. The van der Waals surface area contributed by atoms with Crippen LogP contribution in [0.15, 0.2) is 18.2 Å². The molecule has 0 spiro atoms. The molecule has 1 N–H and O–H groups in total. The number of carboxylic acids is 1. The average molecular weight is 302 g/mol. The highest BCUT2D eigenvalue weighted by atomic mass is 19.4. The van der Waals surface area contributed by atoms with Gasteiger partial charge in [-0.25, -0.2) is 9.59 Å². The van der Waals surface area contributed by atoms with Crippen LogP contribution in [0.3, 0.4) is 0 Å². The number of alkyl halides is 3. The number of ether oxygens (including phenoxy) is 1. The fourth-order valence-electron chi connectivity index (χ4n) is 1.75. The second-order valence-corrected chi connectivity index (χ2v) is 4.12. The third-order valence-corrected chi connectivity index (χ3v) is 2.76. The quantitative estimate of drug-likeness (QED) is 0.685. The molecule has 0 atom stereocenters. The molecule has 0 aliphatic heterocycles. The minimum atomic E-state index is -4.80. The Morgan fingerprint density at radius 3 is 2.38 bits per heavy atom. The Kier molecular flexibility index (Phi) is 5.12. The molecule has 0 aromatic heterocycles. The van der Waals surface area contributed by atoms with Gasteiger partial charge in [-0.3, -0.25) is 0 Å². The summed E-state index contributed by atoms with van der Waals surface area (Å²) in [7, 11) is 1.11. The summed E-state index contributed by atoms with van der Waals surface area (Å²) >= 11 is 0. The lowest BCUT2D eigenvalue weighted by Gasteiger charge is -2.14. The molecule has 0 fully saturated rings. The molecule has 0 bridgehead atoms. The summed E-state index contributed by atoms with van der Waals surface area (Å²) in [5.41, 5.74) is -2.00. The van der Waals surface area contributed by atoms with Crippen LogP contribution in [0.1, 0.15) is 34.0 Å². The molecule has 0 amide bonds. The van der Waals surface area contributed by atoms with Crippen molar-refractivity contribution >= 4 is 18.0 Å². The van der Waals surface area contributed by atoms with E-state index in [1.165, 1.54) is 6.07 Å². The second kappa shape index (κ2) is 6.43. The number of carbonyl (C=O) groups is 2. The Labute approximate surface area is 118 Å². The molecule has 1 aromatic rings. The minimum Gasteiger partial charge on any atom is -0.478 e. The first-order chi connectivity index (χ1) is 9.70. The molecule has 0 aliphatic carbocycles. The van der Waals surface area contributed by atoms with E-state index < -0.39 is 29.2 Å². The molecular weight excluding hydrogens is 289 g/mol. The smallest absolute Gasteiger partial charge is 0.417 e. The Morgan fingerprint density at radius 1 is 1.33 bits per heavy atom. The number of carboxylic acid groups (broad SMARTS) is 1. The molecule has 114 valence electrons. The lowest BCUT2D eigenvalue weighted by Crippen LogP contribution is -2.15. The van der Waals surface area contributed by atoms with Gasteiger partial charge in [0.15, 0.2) is 0 Å². The molecule has 0 aliphatic rings. The van der Waals surface area contributed by atoms with Gasteiger partial charge in [0.2, 0.25) is 0 Å². The van der Waals surface area contributed by atoms with Gasteiger partial charge in [0, 0.05) is 6.08 Å². The van der Waals surface area contributed by atoms with Crippen LogP contribution in [0.25, 0.3) is 6.08 Å². The lowest BCUT2D eigenvalue weighted by molar-refractivity contribution is -0.138. The van der Waals surface area contributed by atoms with Crippen LogP contribution < -0.4 is 0 Å². The van der Waals surface area contributed by atoms with Gasteiger partial charge in [-0.1, -0.05) is 13.0 Å². The van der Waals surface area contributed by atoms with Crippen LogP contribution >= 0.6 is 0 Å². The van der Waals surface area contributed by atoms with Gasteiger partial charge in [0.1, 0.15) is 0 Å².